The Kier molecular flexibility index (Phi) is 4.20. The summed E-state index contributed by atoms with van der Waals surface area (Å²) in [5.41, 5.74) is 1.40. The SMILES string of the molecule is CN1CCc2c(sc3c2c(NCCN2CCOCC2)nc2nnnn23)C1. The van der Waals surface area contributed by atoms with Crippen molar-refractivity contribution in [2.75, 3.05) is 58.3 Å². The number of nitrogens with one attached hydrogen (secondary N) is 1. The van der Waals surface area contributed by atoms with Crippen LogP contribution in [0, 0.1) is 0 Å². The van der Waals surface area contributed by atoms with Gasteiger partial charge in [0.2, 0.25) is 0 Å². The molecule has 0 amide bonds. The lowest BCUT2D eigenvalue weighted by Gasteiger charge is -2.26. The van der Waals surface area contributed by atoms with Gasteiger partial charge in [-0.25, -0.2) is 0 Å². The number of thiophene rings is 1. The Balaban J connectivity index is 1.48. The van der Waals surface area contributed by atoms with E-state index in [1.165, 1.54) is 15.8 Å². The van der Waals surface area contributed by atoms with Gasteiger partial charge in [-0.3, -0.25) is 4.90 Å². The van der Waals surface area contributed by atoms with Crippen LogP contribution in [0.2, 0.25) is 0 Å². The molecule has 1 saturated heterocycles. The van der Waals surface area contributed by atoms with E-state index < -0.39 is 0 Å². The lowest BCUT2D eigenvalue weighted by Crippen LogP contribution is -2.39. The highest BCUT2D eigenvalue weighted by molar-refractivity contribution is 7.19. The zero-order valence-corrected chi connectivity index (χ0v) is 15.6. The van der Waals surface area contributed by atoms with Crippen molar-refractivity contribution in [2.45, 2.75) is 13.0 Å². The standard InChI is InChI=1S/C16H22N8OS/c1-22-4-2-11-12(10-22)26-15-13(11)14(18-16-19-20-21-24(15)16)17-3-5-23-6-8-25-9-7-23/h2-10H2,1H3,(H,17,18,19,21). The zero-order valence-electron chi connectivity index (χ0n) is 14.8. The number of nitrogens with zero attached hydrogens (tertiary/aromatic N) is 7. The maximum atomic E-state index is 5.42. The first-order chi connectivity index (χ1) is 12.8. The Morgan fingerprint density at radius 3 is 3.00 bits per heavy atom. The first-order valence-corrected chi connectivity index (χ1v) is 9.86. The maximum Gasteiger partial charge on any atom is 0.276 e. The second-order valence-electron chi connectivity index (χ2n) is 6.90. The fourth-order valence-corrected chi connectivity index (χ4v) is 5.11. The third-order valence-corrected chi connectivity index (χ3v) is 6.34. The molecule has 0 aliphatic carbocycles. The lowest BCUT2D eigenvalue weighted by atomic mass is 10.1. The number of tetrazole rings is 1. The fourth-order valence-electron chi connectivity index (χ4n) is 3.73. The van der Waals surface area contributed by atoms with Gasteiger partial charge in [-0.2, -0.15) is 9.50 Å². The van der Waals surface area contributed by atoms with Gasteiger partial charge in [-0.1, -0.05) is 5.10 Å². The van der Waals surface area contributed by atoms with Crippen LogP contribution in [0.1, 0.15) is 10.4 Å². The molecule has 0 bridgehead atoms. The van der Waals surface area contributed by atoms with Crippen molar-refractivity contribution in [1.82, 2.24) is 34.8 Å². The molecule has 0 radical (unpaired) electrons. The summed E-state index contributed by atoms with van der Waals surface area (Å²) in [5.74, 6) is 1.47. The molecule has 1 N–H and O–H groups in total. The normalized spacial score (nSPS) is 19.3. The summed E-state index contributed by atoms with van der Waals surface area (Å²) in [6, 6.07) is 0. The number of likely N-dealkylation sites (N-methyl/N-ethyl adjacent to an activating group) is 1. The fraction of sp³-hybridized carbons (Fsp3) is 0.625. The molecule has 9 nitrogen and oxygen atoms in total. The van der Waals surface area contributed by atoms with Gasteiger partial charge in [0.1, 0.15) is 10.6 Å². The van der Waals surface area contributed by atoms with E-state index in [1.54, 1.807) is 15.9 Å². The third-order valence-electron chi connectivity index (χ3n) is 5.15. The van der Waals surface area contributed by atoms with Crippen molar-refractivity contribution in [3.05, 3.63) is 10.4 Å². The van der Waals surface area contributed by atoms with Crippen LogP contribution in [0.4, 0.5) is 5.82 Å². The molecule has 0 aromatic carbocycles. The Bertz CT molecular complexity index is 931. The number of aromatic nitrogens is 5. The summed E-state index contributed by atoms with van der Waals surface area (Å²) < 4.78 is 7.19. The van der Waals surface area contributed by atoms with Crippen LogP contribution in [0.25, 0.3) is 16.0 Å². The quantitative estimate of drug-likeness (QED) is 0.705. The van der Waals surface area contributed by atoms with Crippen molar-refractivity contribution in [1.29, 1.82) is 0 Å². The smallest absolute Gasteiger partial charge is 0.276 e. The monoisotopic (exact) mass is 374 g/mol. The highest BCUT2D eigenvalue weighted by Crippen LogP contribution is 2.38. The molecule has 0 atom stereocenters. The average Bonchev–Trinajstić information content (AvgIpc) is 3.26. The molecule has 138 valence electrons. The molecule has 2 aliphatic rings. The van der Waals surface area contributed by atoms with Gasteiger partial charge in [0, 0.05) is 44.1 Å². The van der Waals surface area contributed by atoms with Crippen LogP contribution < -0.4 is 5.32 Å². The van der Waals surface area contributed by atoms with E-state index >= 15 is 0 Å². The molecule has 3 aromatic heterocycles. The topological polar surface area (TPSA) is 83.7 Å². The molecular weight excluding hydrogens is 352 g/mol. The Hall–Kier alpha value is -1.88. The van der Waals surface area contributed by atoms with Crippen molar-refractivity contribution in [3.8, 4) is 0 Å². The Morgan fingerprint density at radius 2 is 2.12 bits per heavy atom. The highest BCUT2D eigenvalue weighted by Gasteiger charge is 2.24. The predicted octanol–water partition coefficient (Wildman–Crippen LogP) is 0.466. The number of anilines is 1. The second-order valence-corrected chi connectivity index (χ2v) is 7.99. The number of rotatable bonds is 4. The van der Waals surface area contributed by atoms with Gasteiger partial charge in [0.25, 0.3) is 5.78 Å². The van der Waals surface area contributed by atoms with Gasteiger partial charge < -0.3 is 15.0 Å². The van der Waals surface area contributed by atoms with E-state index in [2.05, 4.69) is 37.7 Å². The number of ether oxygens (including phenoxy) is 1. The van der Waals surface area contributed by atoms with E-state index in [1.807, 2.05) is 0 Å². The van der Waals surface area contributed by atoms with Crippen LogP contribution in [0.5, 0.6) is 0 Å². The molecule has 0 spiro atoms. The minimum atomic E-state index is 0.554. The molecular formula is C16H22N8OS. The largest absolute Gasteiger partial charge is 0.379 e. The number of morpholine rings is 1. The molecule has 3 aromatic rings. The second kappa shape index (κ2) is 6.69. The maximum absolute atomic E-state index is 5.42. The molecule has 1 fully saturated rings. The van der Waals surface area contributed by atoms with Crippen molar-refractivity contribution < 1.29 is 4.74 Å². The molecule has 26 heavy (non-hydrogen) atoms. The van der Waals surface area contributed by atoms with Crippen molar-refractivity contribution in [2.24, 2.45) is 0 Å². The summed E-state index contributed by atoms with van der Waals surface area (Å²) in [5, 5.41) is 16.8. The van der Waals surface area contributed by atoms with Crippen molar-refractivity contribution in [3.63, 3.8) is 0 Å². The average molecular weight is 374 g/mol. The van der Waals surface area contributed by atoms with Gasteiger partial charge in [-0.15, -0.1) is 11.3 Å². The van der Waals surface area contributed by atoms with E-state index in [4.69, 9.17) is 9.72 Å². The van der Waals surface area contributed by atoms with Gasteiger partial charge in [0.15, 0.2) is 0 Å². The van der Waals surface area contributed by atoms with E-state index in [9.17, 15) is 0 Å². The molecule has 5 rings (SSSR count). The minimum Gasteiger partial charge on any atom is -0.379 e. The van der Waals surface area contributed by atoms with Crippen LogP contribution in [-0.4, -0.2) is 87.8 Å². The predicted molar refractivity (Wildman–Crippen MR) is 99.7 cm³/mol. The van der Waals surface area contributed by atoms with Crippen LogP contribution in [0.15, 0.2) is 0 Å². The zero-order chi connectivity index (χ0) is 17.5. The molecule has 5 heterocycles. The van der Waals surface area contributed by atoms with E-state index in [-0.39, 0.29) is 0 Å². The summed E-state index contributed by atoms with van der Waals surface area (Å²) in [4.78, 5) is 12.0. The Labute approximate surface area is 154 Å². The first-order valence-electron chi connectivity index (χ1n) is 9.04. The molecule has 2 aliphatic heterocycles. The van der Waals surface area contributed by atoms with E-state index in [0.717, 1.165) is 69.6 Å². The summed E-state index contributed by atoms with van der Waals surface area (Å²) in [6.45, 7) is 7.53. The highest BCUT2D eigenvalue weighted by atomic mass is 32.1. The summed E-state index contributed by atoms with van der Waals surface area (Å²) in [7, 11) is 2.17. The third kappa shape index (κ3) is 2.82. The van der Waals surface area contributed by atoms with Crippen LogP contribution in [-0.2, 0) is 17.7 Å². The first kappa shape index (κ1) is 16.3. The van der Waals surface area contributed by atoms with Crippen molar-refractivity contribution >= 4 is 33.1 Å². The van der Waals surface area contributed by atoms with Gasteiger partial charge in [0.05, 0.1) is 18.6 Å². The molecule has 10 heteroatoms. The number of fused-ring (bicyclic) bond motifs is 5. The Morgan fingerprint density at radius 1 is 1.23 bits per heavy atom. The van der Waals surface area contributed by atoms with Gasteiger partial charge in [-0.05, 0) is 29.5 Å². The number of hydrogen-bond acceptors (Lipinski definition) is 9. The van der Waals surface area contributed by atoms with Crippen LogP contribution >= 0.6 is 11.3 Å². The van der Waals surface area contributed by atoms with Gasteiger partial charge >= 0.3 is 0 Å². The summed E-state index contributed by atoms with van der Waals surface area (Å²) >= 11 is 1.79. The van der Waals surface area contributed by atoms with E-state index in [0.29, 0.717) is 5.78 Å². The number of hydrogen-bond donors (Lipinski definition) is 1. The molecule has 0 unspecified atom stereocenters. The summed E-state index contributed by atoms with van der Waals surface area (Å²) in [6.07, 6.45) is 1.04. The minimum absolute atomic E-state index is 0.554. The van der Waals surface area contributed by atoms with Crippen LogP contribution in [0.3, 0.4) is 0 Å². The lowest BCUT2D eigenvalue weighted by molar-refractivity contribution is 0.0398. The molecule has 0 saturated carbocycles.